The van der Waals surface area contributed by atoms with Gasteiger partial charge in [0.2, 0.25) is 0 Å². The number of hydrogen-bond acceptors (Lipinski definition) is 3. The Kier molecular flexibility index (Phi) is 6.55. The van der Waals surface area contributed by atoms with E-state index in [1.165, 1.54) is 31.5 Å². The summed E-state index contributed by atoms with van der Waals surface area (Å²) in [6.07, 6.45) is 7.06. The monoisotopic (exact) mass is 241 g/mol. The molecule has 0 aliphatic carbocycles. The van der Waals surface area contributed by atoms with E-state index in [-0.39, 0.29) is 18.1 Å². The Morgan fingerprint density at radius 3 is 2.76 bits per heavy atom. The van der Waals surface area contributed by atoms with Crippen molar-refractivity contribution in [3.8, 4) is 5.88 Å². The van der Waals surface area contributed by atoms with Crippen molar-refractivity contribution < 1.29 is 14.2 Å². The zero-order valence-corrected chi connectivity index (χ0v) is 10.3. The lowest BCUT2D eigenvalue weighted by Gasteiger charge is -2.07. The topological polar surface area (TPSA) is 42.4 Å². The lowest BCUT2D eigenvalue weighted by molar-refractivity contribution is 0.258. The second-order valence-corrected chi connectivity index (χ2v) is 4.01. The van der Waals surface area contributed by atoms with Crippen LogP contribution in [0.5, 0.6) is 5.88 Å². The fourth-order valence-corrected chi connectivity index (χ4v) is 1.56. The molecule has 0 spiro atoms. The normalized spacial score (nSPS) is 10.5. The highest BCUT2D eigenvalue weighted by atomic mass is 19.1. The molecule has 0 atom stereocenters. The highest BCUT2D eigenvalue weighted by Crippen LogP contribution is 2.17. The van der Waals surface area contributed by atoms with Gasteiger partial charge in [0.05, 0.1) is 13.2 Å². The van der Waals surface area contributed by atoms with Crippen LogP contribution in [-0.2, 0) is 6.61 Å². The average molecular weight is 241 g/mol. The summed E-state index contributed by atoms with van der Waals surface area (Å²) in [6, 6.07) is 1.45. The van der Waals surface area contributed by atoms with Crippen molar-refractivity contribution in [2.75, 3.05) is 6.61 Å². The maximum atomic E-state index is 13.6. The van der Waals surface area contributed by atoms with Crippen molar-refractivity contribution in [2.24, 2.45) is 0 Å². The molecule has 0 amide bonds. The molecule has 1 rings (SSSR count). The van der Waals surface area contributed by atoms with Crippen molar-refractivity contribution in [1.82, 2.24) is 4.98 Å². The van der Waals surface area contributed by atoms with E-state index in [9.17, 15) is 4.39 Å². The number of pyridine rings is 1. The van der Waals surface area contributed by atoms with Gasteiger partial charge in [0.25, 0.3) is 5.88 Å². The zero-order chi connectivity index (χ0) is 12.5. The lowest BCUT2D eigenvalue weighted by Crippen LogP contribution is -2.03. The molecule has 1 N–H and O–H groups in total. The predicted molar refractivity (Wildman–Crippen MR) is 64.4 cm³/mol. The Labute approximate surface area is 102 Å². The Hall–Kier alpha value is -1.16. The number of aliphatic hydroxyl groups is 1. The average Bonchev–Trinajstić information content (AvgIpc) is 2.35. The minimum absolute atomic E-state index is 0.00737. The van der Waals surface area contributed by atoms with Crippen LogP contribution < -0.4 is 4.74 Å². The van der Waals surface area contributed by atoms with Crippen molar-refractivity contribution in [1.29, 1.82) is 0 Å². The van der Waals surface area contributed by atoms with Crippen molar-refractivity contribution in [3.05, 3.63) is 23.6 Å². The first-order valence-corrected chi connectivity index (χ1v) is 6.16. The van der Waals surface area contributed by atoms with E-state index in [1.54, 1.807) is 0 Å². The van der Waals surface area contributed by atoms with Crippen molar-refractivity contribution in [3.63, 3.8) is 0 Å². The molecule has 0 unspecified atom stereocenters. The van der Waals surface area contributed by atoms with E-state index in [0.29, 0.717) is 6.61 Å². The highest BCUT2D eigenvalue weighted by Gasteiger charge is 2.09. The molecule has 0 saturated heterocycles. The lowest BCUT2D eigenvalue weighted by atomic mass is 10.2. The van der Waals surface area contributed by atoms with E-state index >= 15 is 0 Å². The molecule has 96 valence electrons. The summed E-state index contributed by atoms with van der Waals surface area (Å²) in [5.41, 5.74) is 0.223. The molecule has 4 heteroatoms. The van der Waals surface area contributed by atoms with E-state index in [1.807, 2.05) is 0 Å². The van der Waals surface area contributed by atoms with Crippen LogP contribution >= 0.6 is 0 Å². The SMILES string of the molecule is CCCCCCCOc1nccc(CO)c1F. The van der Waals surface area contributed by atoms with Gasteiger partial charge in [-0.05, 0) is 12.5 Å². The summed E-state index contributed by atoms with van der Waals surface area (Å²) >= 11 is 0. The van der Waals surface area contributed by atoms with E-state index < -0.39 is 5.82 Å². The van der Waals surface area contributed by atoms with Crippen LogP contribution in [-0.4, -0.2) is 16.7 Å². The first-order valence-electron chi connectivity index (χ1n) is 6.16. The van der Waals surface area contributed by atoms with Gasteiger partial charge in [0, 0.05) is 11.8 Å². The first kappa shape index (κ1) is 13.9. The molecular weight excluding hydrogens is 221 g/mol. The second-order valence-electron chi connectivity index (χ2n) is 4.01. The number of rotatable bonds is 8. The van der Waals surface area contributed by atoms with Gasteiger partial charge in [-0.3, -0.25) is 0 Å². The second kappa shape index (κ2) is 8.01. The third-order valence-electron chi connectivity index (χ3n) is 2.59. The van der Waals surface area contributed by atoms with Crippen molar-refractivity contribution >= 4 is 0 Å². The van der Waals surface area contributed by atoms with Crippen molar-refractivity contribution in [2.45, 2.75) is 45.6 Å². The summed E-state index contributed by atoms with van der Waals surface area (Å²) in [5.74, 6) is -0.560. The number of halogens is 1. The highest BCUT2D eigenvalue weighted by molar-refractivity contribution is 5.22. The number of aliphatic hydroxyl groups excluding tert-OH is 1. The first-order chi connectivity index (χ1) is 8.29. The summed E-state index contributed by atoms with van der Waals surface area (Å²) in [6.45, 7) is 2.31. The molecular formula is C13H20FNO2. The van der Waals surface area contributed by atoms with Gasteiger partial charge >= 0.3 is 0 Å². The number of unbranched alkanes of at least 4 members (excludes halogenated alkanes) is 4. The standard InChI is InChI=1S/C13H20FNO2/c1-2-3-4-5-6-9-17-13-12(14)11(10-16)7-8-15-13/h7-8,16H,2-6,9-10H2,1H3. The summed E-state index contributed by atoms with van der Waals surface area (Å²) in [4.78, 5) is 3.81. The molecule has 0 aliphatic rings. The summed E-state index contributed by atoms with van der Waals surface area (Å²) in [7, 11) is 0. The quantitative estimate of drug-likeness (QED) is 0.711. The van der Waals surface area contributed by atoms with Gasteiger partial charge in [-0.25, -0.2) is 9.37 Å². The van der Waals surface area contributed by atoms with Gasteiger partial charge in [-0.2, -0.15) is 0 Å². The van der Waals surface area contributed by atoms with Crippen LogP contribution in [0.1, 0.15) is 44.6 Å². The third-order valence-corrected chi connectivity index (χ3v) is 2.59. The van der Waals surface area contributed by atoms with Crippen LogP contribution in [0.4, 0.5) is 4.39 Å². The smallest absolute Gasteiger partial charge is 0.250 e. The van der Waals surface area contributed by atoms with Gasteiger partial charge in [-0.15, -0.1) is 0 Å². The molecule has 0 aliphatic heterocycles. The number of nitrogens with zero attached hydrogens (tertiary/aromatic N) is 1. The zero-order valence-electron chi connectivity index (χ0n) is 10.3. The van der Waals surface area contributed by atoms with Crippen LogP contribution in [0.25, 0.3) is 0 Å². The Morgan fingerprint density at radius 1 is 1.29 bits per heavy atom. The van der Waals surface area contributed by atoms with E-state index in [4.69, 9.17) is 9.84 Å². The van der Waals surface area contributed by atoms with E-state index in [2.05, 4.69) is 11.9 Å². The molecule has 17 heavy (non-hydrogen) atoms. The number of hydrogen-bond donors (Lipinski definition) is 1. The molecule has 0 radical (unpaired) electrons. The van der Waals surface area contributed by atoms with E-state index in [0.717, 1.165) is 12.8 Å². The fraction of sp³-hybridized carbons (Fsp3) is 0.615. The van der Waals surface area contributed by atoms with Gasteiger partial charge in [0.15, 0.2) is 5.82 Å². The van der Waals surface area contributed by atoms with Crippen LogP contribution in [0.2, 0.25) is 0 Å². The molecule has 0 fully saturated rings. The summed E-state index contributed by atoms with van der Waals surface area (Å²) < 4.78 is 18.8. The van der Waals surface area contributed by atoms with Crippen LogP contribution in [0.15, 0.2) is 12.3 Å². The molecule has 0 saturated carbocycles. The Balaban J connectivity index is 2.31. The molecule has 1 aromatic heterocycles. The largest absolute Gasteiger partial charge is 0.476 e. The van der Waals surface area contributed by atoms with Crippen LogP contribution in [0.3, 0.4) is 0 Å². The number of ether oxygens (including phenoxy) is 1. The van der Waals surface area contributed by atoms with Gasteiger partial charge in [0.1, 0.15) is 0 Å². The Bertz CT molecular complexity index is 331. The minimum Gasteiger partial charge on any atom is -0.476 e. The summed E-state index contributed by atoms with van der Waals surface area (Å²) in [5, 5.41) is 8.89. The Morgan fingerprint density at radius 2 is 2.06 bits per heavy atom. The maximum absolute atomic E-state index is 13.6. The molecule has 0 bridgehead atoms. The molecule has 0 aromatic carbocycles. The number of aromatic nitrogens is 1. The van der Waals surface area contributed by atoms with Crippen LogP contribution in [0, 0.1) is 5.82 Å². The molecule has 1 aromatic rings. The third kappa shape index (κ3) is 4.69. The molecule has 1 heterocycles. The molecule has 3 nitrogen and oxygen atoms in total. The van der Waals surface area contributed by atoms with Gasteiger partial charge < -0.3 is 9.84 Å². The fourth-order valence-electron chi connectivity index (χ4n) is 1.56. The minimum atomic E-state index is -0.552. The van der Waals surface area contributed by atoms with Gasteiger partial charge in [-0.1, -0.05) is 32.6 Å². The maximum Gasteiger partial charge on any atom is 0.250 e. The predicted octanol–water partition coefficient (Wildman–Crippen LogP) is 3.06.